The van der Waals surface area contributed by atoms with E-state index in [1.807, 2.05) is 18.2 Å². The number of halogens is 1. The van der Waals surface area contributed by atoms with E-state index in [9.17, 15) is 5.11 Å². The Morgan fingerprint density at radius 1 is 1.14 bits per heavy atom. The number of ether oxygens (including phenoxy) is 2. The van der Waals surface area contributed by atoms with Crippen LogP contribution in [0, 0.1) is 0 Å². The largest absolute Gasteiger partial charge is 0.508 e. The maximum atomic E-state index is 9.82. The van der Waals surface area contributed by atoms with Gasteiger partial charge in [-0.1, -0.05) is 15.9 Å². The summed E-state index contributed by atoms with van der Waals surface area (Å²) in [5.41, 5.74) is 6.56. The standard InChI is InChI=1S/C15H11BrN2O3/c16-8-1-3-12-10(5-8)15(7-20-14(17)18-15)11-6-9(19)2-4-13(11)21-12/h1-6,19H,7H2,(H2,17,18)/t15-/m1/s1. The second-order valence-corrected chi connectivity index (χ2v) is 5.94. The lowest BCUT2D eigenvalue weighted by molar-refractivity contribution is 0.264. The van der Waals surface area contributed by atoms with Crippen LogP contribution < -0.4 is 10.5 Å². The summed E-state index contributed by atoms with van der Waals surface area (Å²) in [6, 6.07) is 10.8. The zero-order valence-electron chi connectivity index (χ0n) is 10.8. The molecular weight excluding hydrogens is 336 g/mol. The zero-order valence-corrected chi connectivity index (χ0v) is 12.4. The van der Waals surface area contributed by atoms with E-state index in [1.54, 1.807) is 18.2 Å². The molecule has 1 spiro atoms. The van der Waals surface area contributed by atoms with E-state index in [-0.39, 0.29) is 18.4 Å². The molecule has 3 N–H and O–H groups in total. The van der Waals surface area contributed by atoms with Gasteiger partial charge in [-0.05, 0) is 36.4 Å². The SMILES string of the molecule is NC1=N[C@@]2(CO1)c1cc(O)ccc1Oc1ccc(Br)cc12. The molecule has 0 radical (unpaired) electrons. The Kier molecular flexibility index (Phi) is 2.47. The van der Waals surface area contributed by atoms with Crippen molar-refractivity contribution in [2.75, 3.05) is 6.61 Å². The van der Waals surface area contributed by atoms with Crippen LogP contribution in [-0.4, -0.2) is 17.7 Å². The van der Waals surface area contributed by atoms with E-state index >= 15 is 0 Å². The van der Waals surface area contributed by atoms with E-state index in [4.69, 9.17) is 15.2 Å². The van der Waals surface area contributed by atoms with Crippen LogP contribution in [0.15, 0.2) is 45.9 Å². The number of nitrogens with two attached hydrogens (primary N) is 1. The van der Waals surface area contributed by atoms with Crippen LogP contribution in [0.25, 0.3) is 0 Å². The number of rotatable bonds is 0. The summed E-state index contributed by atoms with van der Waals surface area (Å²) in [5.74, 6) is 1.50. The summed E-state index contributed by atoms with van der Waals surface area (Å²) in [6.45, 7) is 0.280. The summed E-state index contributed by atoms with van der Waals surface area (Å²) in [7, 11) is 0. The van der Waals surface area contributed by atoms with Gasteiger partial charge in [0.15, 0.2) is 5.54 Å². The highest BCUT2D eigenvalue weighted by Crippen LogP contribution is 2.51. The monoisotopic (exact) mass is 346 g/mol. The quantitative estimate of drug-likeness (QED) is 0.768. The molecule has 2 aromatic carbocycles. The van der Waals surface area contributed by atoms with Gasteiger partial charge in [0.05, 0.1) is 0 Å². The van der Waals surface area contributed by atoms with E-state index in [0.717, 1.165) is 15.6 Å². The molecule has 2 aliphatic rings. The predicted molar refractivity (Wildman–Crippen MR) is 80.7 cm³/mol. The van der Waals surface area contributed by atoms with Crippen molar-refractivity contribution in [3.05, 3.63) is 52.0 Å². The number of amidine groups is 1. The normalized spacial score (nSPS) is 22.0. The first-order valence-electron chi connectivity index (χ1n) is 6.38. The van der Waals surface area contributed by atoms with Gasteiger partial charge in [-0.3, -0.25) is 0 Å². The summed E-state index contributed by atoms with van der Waals surface area (Å²) in [6.07, 6.45) is 0. The highest BCUT2D eigenvalue weighted by molar-refractivity contribution is 9.10. The second kappa shape index (κ2) is 4.14. The molecule has 0 aromatic heterocycles. The molecule has 0 aliphatic carbocycles. The maximum absolute atomic E-state index is 9.82. The van der Waals surface area contributed by atoms with Crippen molar-refractivity contribution in [3.8, 4) is 17.2 Å². The molecule has 2 aromatic rings. The lowest BCUT2D eigenvalue weighted by atomic mass is 9.81. The third-order valence-corrected chi connectivity index (χ3v) is 4.24. The molecule has 6 heteroatoms. The Morgan fingerprint density at radius 3 is 2.57 bits per heavy atom. The second-order valence-electron chi connectivity index (χ2n) is 5.02. The Hall–Kier alpha value is -2.21. The molecular formula is C15H11BrN2O3. The van der Waals surface area contributed by atoms with Crippen molar-refractivity contribution in [3.63, 3.8) is 0 Å². The molecule has 0 fully saturated rings. The van der Waals surface area contributed by atoms with E-state index < -0.39 is 5.54 Å². The van der Waals surface area contributed by atoms with Gasteiger partial charge in [-0.15, -0.1) is 0 Å². The van der Waals surface area contributed by atoms with Gasteiger partial charge in [0, 0.05) is 15.6 Å². The lowest BCUT2D eigenvalue weighted by Crippen LogP contribution is -2.31. The van der Waals surface area contributed by atoms with Gasteiger partial charge in [0.25, 0.3) is 6.02 Å². The smallest absolute Gasteiger partial charge is 0.283 e. The van der Waals surface area contributed by atoms with Crippen molar-refractivity contribution >= 4 is 22.0 Å². The Balaban J connectivity index is 2.05. The molecule has 4 rings (SSSR count). The molecule has 0 saturated carbocycles. The number of phenols is 1. The van der Waals surface area contributed by atoms with Crippen LogP contribution in [0.5, 0.6) is 17.2 Å². The molecule has 1 atom stereocenters. The van der Waals surface area contributed by atoms with Crippen molar-refractivity contribution < 1.29 is 14.6 Å². The topological polar surface area (TPSA) is 77.1 Å². The number of phenolic OH excluding ortho intramolecular Hbond substituents is 1. The van der Waals surface area contributed by atoms with Gasteiger partial charge in [0.1, 0.15) is 23.9 Å². The van der Waals surface area contributed by atoms with Crippen LogP contribution in [-0.2, 0) is 10.3 Å². The molecule has 106 valence electrons. The number of nitrogens with zero attached hydrogens (tertiary/aromatic N) is 1. The van der Waals surface area contributed by atoms with Crippen LogP contribution in [0.2, 0.25) is 0 Å². The Morgan fingerprint density at radius 2 is 1.86 bits per heavy atom. The highest BCUT2D eigenvalue weighted by Gasteiger charge is 2.47. The minimum atomic E-state index is -0.782. The highest BCUT2D eigenvalue weighted by atomic mass is 79.9. The third-order valence-electron chi connectivity index (χ3n) is 3.75. The predicted octanol–water partition coefficient (Wildman–Crippen LogP) is 2.85. The van der Waals surface area contributed by atoms with Crippen molar-refractivity contribution in [1.82, 2.24) is 0 Å². The number of aromatic hydroxyl groups is 1. The molecule has 0 bridgehead atoms. The summed E-state index contributed by atoms with van der Waals surface area (Å²) in [4.78, 5) is 4.50. The average molecular weight is 347 g/mol. The van der Waals surface area contributed by atoms with Crippen molar-refractivity contribution in [2.45, 2.75) is 5.54 Å². The number of fused-ring (bicyclic) bond motifs is 4. The number of benzene rings is 2. The van der Waals surface area contributed by atoms with E-state index in [2.05, 4.69) is 20.9 Å². The van der Waals surface area contributed by atoms with Gasteiger partial charge in [-0.2, -0.15) is 0 Å². The fourth-order valence-corrected chi connectivity index (χ4v) is 3.18. The first-order chi connectivity index (χ1) is 10.1. The lowest BCUT2D eigenvalue weighted by Gasteiger charge is -2.33. The molecule has 2 aliphatic heterocycles. The number of aliphatic imine (C=N–C) groups is 1. The number of hydrogen-bond donors (Lipinski definition) is 2. The Labute approximate surface area is 129 Å². The molecule has 21 heavy (non-hydrogen) atoms. The van der Waals surface area contributed by atoms with Crippen molar-refractivity contribution in [1.29, 1.82) is 0 Å². The van der Waals surface area contributed by atoms with Gasteiger partial charge in [0.2, 0.25) is 0 Å². The minimum Gasteiger partial charge on any atom is -0.508 e. The number of hydrogen-bond acceptors (Lipinski definition) is 5. The average Bonchev–Trinajstić information content (AvgIpc) is 2.84. The van der Waals surface area contributed by atoms with E-state index in [1.165, 1.54) is 0 Å². The fourth-order valence-electron chi connectivity index (χ4n) is 2.82. The first kappa shape index (κ1) is 12.5. The third kappa shape index (κ3) is 1.72. The van der Waals surface area contributed by atoms with Crippen LogP contribution in [0.4, 0.5) is 0 Å². The van der Waals surface area contributed by atoms with Gasteiger partial charge in [-0.25, -0.2) is 4.99 Å². The van der Waals surface area contributed by atoms with Gasteiger partial charge < -0.3 is 20.3 Å². The molecule has 0 saturated heterocycles. The fraction of sp³-hybridized carbons (Fsp3) is 0.133. The first-order valence-corrected chi connectivity index (χ1v) is 7.17. The summed E-state index contributed by atoms with van der Waals surface area (Å²) < 4.78 is 12.2. The van der Waals surface area contributed by atoms with Gasteiger partial charge >= 0.3 is 0 Å². The van der Waals surface area contributed by atoms with Crippen LogP contribution >= 0.6 is 15.9 Å². The molecule has 2 heterocycles. The summed E-state index contributed by atoms with van der Waals surface area (Å²) in [5, 5.41) is 9.82. The maximum Gasteiger partial charge on any atom is 0.283 e. The minimum absolute atomic E-state index is 0.136. The zero-order chi connectivity index (χ0) is 14.6. The molecule has 0 unspecified atom stereocenters. The van der Waals surface area contributed by atoms with Crippen molar-refractivity contribution in [2.24, 2.45) is 10.7 Å². The van der Waals surface area contributed by atoms with E-state index in [0.29, 0.717) is 11.5 Å². The van der Waals surface area contributed by atoms with Crippen LogP contribution in [0.3, 0.4) is 0 Å². The Bertz CT molecular complexity index is 737. The van der Waals surface area contributed by atoms with Crippen LogP contribution in [0.1, 0.15) is 11.1 Å². The summed E-state index contributed by atoms with van der Waals surface area (Å²) >= 11 is 3.46. The molecule has 0 amide bonds. The molecule has 5 nitrogen and oxygen atoms in total.